The number of hydrogen-bond acceptors (Lipinski definition) is 6. The van der Waals surface area contributed by atoms with Crippen LogP contribution in [-0.2, 0) is 10.9 Å². The molecular formula is C30H29ClF9N5O2. The van der Waals surface area contributed by atoms with Crippen molar-refractivity contribution in [2.45, 2.75) is 37.4 Å². The van der Waals surface area contributed by atoms with Crippen LogP contribution in [0.3, 0.4) is 0 Å². The van der Waals surface area contributed by atoms with Crippen LogP contribution in [-0.4, -0.2) is 85.4 Å². The third-order valence-electron chi connectivity index (χ3n) is 8.01. The molecule has 3 aromatic rings. The number of nitrogens with zero attached hydrogens (tertiary/aromatic N) is 5. The molecule has 0 saturated carbocycles. The van der Waals surface area contributed by atoms with Gasteiger partial charge in [-0.2, -0.15) is 44.6 Å². The van der Waals surface area contributed by atoms with Crippen molar-refractivity contribution in [2.24, 2.45) is 0 Å². The van der Waals surface area contributed by atoms with Crippen molar-refractivity contribution >= 4 is 28.9 Å². The maximum Gasteiger partial charge on any atom is 0.433 e. The van der Waals surface area contributed by atoms with Gasteiger partial charge >= 0.3 is 24.5 Å². The Kier molecular flexibility index (Phi) is 9.92. The molecule has 17 heteroatoms. The van der Waals surface area contributed by atoms with Crippen molar-refractivity contribution in [2.75, 3.05) is 62.2 Å². The Morgan fingerprint density at radius 1 is 0.872 bits per heavy atom. The van der Waals surface area contributed by atoms with Gasteiger partial charge in [-0.1, -0.05) is 29.8 Å². The van der Waals surface area contributed by atoms with Crippen LogP contribution in [0.5, 0.6) is 0 Å². The number of benzene rings is 2. The number of aromatic nitrogens is 2. The quantitative estimate of drug-likeness (QED) is 0.189. The largest absolute Gasteiger partial charge is 0.452 e. The predicted octanol–water partition coefficient (Wildman–Crippen LogP) is 7.47. The number of piperazine rings is 1. The minimum Gasteiger partial charge on any atom is -0.452 e. The average Bonchev–Trinajstić information content (AvgIpc) is 3.46. The summed E-state index contributed by atoms with van der Waals surface area (Å²) in [7, 11) is 0. The van der Waals surface area contributed by atoms with Crippen LogP contribution in [0.4, 0.5) is 50.9 Å². The molecule has 1 aromatic heterocycles. The maximum atomic E-state index is 14.2. The van der Waals surface area contributed by atoms with E-state index >= 15 is 0 Å². The van der Waals surface area contributed by atoms with Gasteiger partial charge in [0.05, 0.1) is 18.8 Å². The van der Waals surface area contributed by atoms with E-state index in [9.17, 15) is 44.3 Å². The van der Waals surface area contributed by atoms with Crippen molar-refractivity contribution in [3.8, 4) is 11.1 Å². The van der Waals surface area contributed by atoms with Gasteiger partial charge < -0.3 is 14.5 Å². The molecule has 0 spiro atoms. The third-order valence-corrected chi connectivity index (χ3v) is 8.25. The minimum atomic E-state index is -5.11. The van der Waals surface area contributed by atoms with Crippen LogP contribution in [0.1, 0.15) is 34.9 Å². The Labute approximate surface area is 268 Å². The van der Waals surface area contributed by atoms with Gasteiger partial charge in [0.2, 0.25) is 0 Å². The summed E-state index contributed by atoms with van der Waals surface area (Å²) >= 11 is 6.34. The zero-order valence-electron chi connectivity index (χ0n) is 24.6. The van der Waals surface area contributed by atoms with Crippen molar-refractivity contribution in [1.82, 2.24) is 14.7 Å². The normalized spacial score (nSPS) is 18.5. The van der Waals surface area contributed by atoms with Crippen LogP contribution in [0.25, 0.3) is 11.1 Å². The fourth-order valence-corrected chi connectivity index (χ4v) is 6.12. The first-order chi connectivity index (χ1) is 22.0. The molecule has 47 heavy (non-hydrogen) atoms. The lowest BCUT2D eigenvalue weighted by molar-refractivity contribution is -0.162. The predicted molar refractivity (Wildman–Crippen MR) is 156 cm³/mol. The molecule has 2 saturated heterocycles. The van der Waals surface area contributed by atoms with Gasteiger partial charge in [0, 0.05) is 61.2 Å². The average molecular weight is 698 g/mol. The van der Waals surface area contributed by atoms with Crippen molar-refractivity contribution < 1.29 is 49.0 Å². The molecule has 1 unspecified atom stereocenters. The fourth-order valence-electron chi connectivity index (χ4n) is 5.95. The van der Waals surface area contributed by atoms with E-state index in [0.29, 0.717) is 47.6 Å². The van der Waals surface area contributed by atoms with Crippen molar-refractivity contribution in [1.29, 1.82) is 0 Å². The number of hydrogen-bond donors (Lipinski definition) is 0. The van der Waals surface area contributed by atoms with E-state index in [2.05, 4.69) is 9.84 Å². The van der Waals surface area contributed by atoms with E-state index in [4.69, 9.17) is 11.6 Å². The Morgan fingerprint density at radius 2 is 1.55 bits per heavy atom. The summed E-state index contributed by atoms with van der Waals surface area (Å²) in [5, 5.41) is 4.15. The molecular weight excluding hydrogens is 669 g/mol. The number of ether oxygens (including phenoxy) is 1. The summed E-state index contributed by atoms with van der Waals surface area (Å²) in [5.74, 6) is -1.78. The highest BCUT2D eigenvalue weighted by Crippen LogP contribution is 2.40. The number of alkyl halides is 9. The van der Waals surface area contributed by atoms with E-state index in [1.807, 2.05) is 34.1 Å². The molecule has 3 heterocycles. The summed E-state index contributed by atoms with van der Waals surface area (Å²) in [4.78, 5) is 17.4. The molecule has 2 aromatic carbocycles. The van der Waals surface area contributed by atoms with E-state index in [1.165, 1.54) is 4.90 Å². The van der Waals surface area contributed by atoms with Crippen LogP contribution in [0.15, 0.2) is 48.7 Å². The fraction of sp³-hybridized carbons (Fsp3) is 0.467. The third kappa shape index (κ3) is 8.63. The van der Waals surface area contributed by atoms with Gasteiger partial charge in [-0.25, -0.2) is 4.79 Å². The molecule has 2 aliphatic rings. The van der Waals surface area contributed by atoms with E-state index in [-0.39, 0.29) is 26.1 Å². The lowest BCUT2D eigenvalue weighted by atomic mass is 9.99. The van der Waals surface area contributed by atoms with E-state index in [1.54, 1.807) is 18.2 Å². The first-order valence-corrected chi connectivity index (χ1v) is 14.9. The first kappa shape index (κ1) is 34.7. The molecule has 5 rings (SSSR count). The van der Waals surface area contributed by atoms with Crippen LogP contribution >= 0.6 is 11.6 Å². The summed E-state index contributed by atoms with van der Waals surface area (Å²) in [6, 6.07) is 11.6. The Bertz CT molecular complexity index is 1550. The highest BCUT2D eigenvalue weighted by molar-refractivity contribution is 6.31. The summed E-state index contributed by atoms with van der Waals surface area (Å²) in [5.41, 5.74) is 0.354. The number of carbonyl (C=O) groups is 1. The zero-order valence-corrected chi connectivity index (χ0v) is 25.4. The lowest BCUT2D eigenvalue weighted by Crippen LogP contribution is -2.49. The van der Waals surface area contributed by atoms with E-state index in [0.717, 1.165) is 16.8 Å². The van der Waals surface area contributed by atoms with E-state index < -0.39 is 54.9 Å². The Hall–Kier alpha value is -3.66. The number of halogens is 10. The molecule has 0 bridgehead atoms. The Morgan fingerprint density at radius 3 is 2.17 bits per heavy atom. The molecule has 0 radical (unpaired) electrons. The van der Waals surface area contributed by atoms with Crippen LogP contribution < -0.4 is 9.80 Å². The number of esters is 1. The molecule has 0 N–H and O–H groups in total. The number of piperidine rings is 1. The highest BCUT2D eigenvalue weighted by Gasteiger charge is 2.43. The minimum absolute atomic E-state index is 0.0232. The van der Waals surface area contributed by atoms with Gasteiger partial charge in [0.25, 0.3) is 0 Å². The second-order valence-corrected chi connectivity index (χ2v) is 11.8. The smallest absolute Gasteiger partial charge is 0.433 e. The second-order valence-electron chi connectivity index (χ2n) is 11.4. The SMILES string of the molecule is O=C(OCC(F)(F)F)c1cnn(C2CCCN(c3cc(Cl)ccc3-c3ccc(N4CCN(CC(F)(F)F)CC4)cc3)C2)c1C(F)(F)F. The topological polar surface area (TPSA) is 53.8 Å². The molecule has 2 aliphatic heterocycles. The lowest BCUT2D eigenvalue weighted by Gasteiger charge is -2.37. The number of anilines is 2. The molecule has 7 nitrogen and oxygen atoms in total. The molecule has 2 fully saturated rings. The first-order valence-electron chi connectivity index (χ1n) is 14.6. The number of carbonyl (C=O) groups excluding carboxylic acids is 1. The molecule has 1 atom stereocenters. The second kappa shape index (κ2) is 13.5. The Balaban J connectivity index is 1.35. The van der Waals surface area contributed by atoms with Gasteiger partial charge in [-0.3, -0.25) is 9.58 Å². The van der Waals surface area contributed by atoms with Gasteiger partial charge in [-0.05, 0) is 42.7 Å². The number of rotatable bonds is 7. The molecule has 0 aliphatic carbocycles. The monoisotopic (exact) mass is 697 g/mol. The summed E-state index contributed by atoms with van der Waals surface area (Å²) in [6.45, 7) is -1.14. The van der Waals surface area contributed by atoms with Gasteiger partial charge in [-0.15, -0.1) is 0 Å². The van der Waals surface area contributed by atoms with Gasteiger partial charge in [0.1, 0.15) is 5.56 Å². The van der Waals surface area contributed by atoms with Crippen LogP contribution in [0.2, 0.25) is 5.02 Å². The standard InChI is InChI=1S/C30H29ClF9N5O2/c31-20-5-8-23(19-3-6-21(7-4-19)43-12-10-42(11-13-43)17-28(32,33)34)25(14-20)44-9-1-2-22(16-44)45-26(30(38,39)40)24(15-41-45)27(46)47-18-29(35,36)37/h3-8,14-15,22H,1-2,9-13,16-18H2. The van der Waals surface area contributed by atoms with Crippen molar-refractivity contribution in [3.63, 3.8) is 0 Å². The van der Waals surface area contributed by atoms with Crippen molar-refractivity contribution in [3.05, 3.63) is 64.9 Å². The summed E-state index contributed by atoms with van der Waals surface area (Å²) in [6.07, 6.45) is -13.0. The van der Waals surface area contributed by atoms with Crippen LogP contribution in [0, 0.1) is 0 Å². The maximum absolute atomic E-state index is 14.2. The summed E-state index contributed by atoms with van der Waals surface area (Å²) < 4.78 is 123. The molecule has 0 amide bonds. The van der Waals surface area contributed by atoms with Gasteiger partial charge in [0.15, 0.2) is 12.3 Å². The zero-order chi connectivity index (χ0) is 34.1. The molecule has 256 valence electrons. The highest BCUT2D eigenvalue weighted by atomic mass is 35.5.